The molecule has 2 rings (SSSR count). The van der Waals surface area contributed by atoms with Gasteiger partial charge in [0.15, 0.2) is 0 Å². The largest absolute Gasteiger partial charge is 0.506 e. The van der Waals surface area contributed by atoms with Gasteiger partial charge in [0.2, 0.25) is 0 Å². The summed E-state index contributed by atoms with van der Waals surface area (Å²) in [7, 11) is 0. The number of anilines is 1. The second-order valence-corrected chi connectivity index (χ2v) is 4.94. The third-order valence-electron chi connectivity index (χ3n) is 2.66. The third-order valence-corrected chi connectivity index (χ3v) is 3.30. The fourth-order valence-electron chi connectivity index (χ4n) is 1.67. The van der Waals surface area contributed by atoms with Gasteiger partial charge in [-0.1, -0.05) is 18.2 Å². The number of hydrogen-bond acceptors (Lipinski definition) is 2. The first-order valence-corrected chi connectivity index (χ1v) is 6.33. The summed E-state index contributed by atoms with van der Waals surface area (Å²) < 4.78 is 14.1. The summed E-state index contributed by atoms with van der Waals surface area (Å²) in [6.45, 7) is 2.27. The Morgan fingerprint density at radius 3 is 2.83 bits per heavy atom. The number of aromatic hydroxyl groups is 1. The Hall–Kier alpha value is -1.55. The Bertz CT molecular complexity index is 570. The number of nitrogens with one attached hydrogen (secondary N) is 1. The monoisotopic (exact) mass is 309 g/mol. The molecular formula is C14H13BrFNO. The molecule has 94 valence electrons. The van der Waals surface area contributed by atoms with Gasteiger partial charge in [-0.3, -0.25) is 0 Å². The van der Waals surface area contributed by atoms with Crippen molar-refractivity contribution >= 4 is 21.6 Å². The van der Waals surface area contributed by atoms with Crippen LogP contribution in [0.5, 0.6) is 5.75 Å². The average Bonchev–Trinajstić information content (AvgIpc) is 2.35. The van der Waals surface area contributed by atoms with Crippen molar-refractivity contribution in [1.82, 2.24) is 0 Å². The highest BCUT2D eigenvalue weighted by Gasteiger charge is 2.06. The minimum absolute atomic E-state index is 0.179. The van der Waals surface area contributed by atoms with Crippen LogP contribution in [0.2, 0.25) is 0 Å². The molecule has 0 radical (unpaired) electrons. The van der Waals surface area contributed by atoms with Crippen molar-refractivity contribution in [3.8, 4) is 5.75 Å². The lowest BCUT2D eigenvalue weighted by atomic mass is 10.1. The van der Waals surface area contributed by atoms with Crippen molar-refractivity contribution in [2.45, 2.75) is 13.5 Å². The van der Waals surface area contributed by atoms with Crippen LogP contribution in [0.1, 0.15) is 11.1 Å². The first kappa shape index (κ1) is 12.9. The van der Waals surface area contributed by atoms with Crippen molar-refractivity contribution in [1.29, 1.82) is 0 Å². The van der Waals surface area contributed by atoms with E-state index in [1.807, 2.05) is 13.0 Å². The van der Waals surface area contributed by atoms with Gasteiger partial charge in [-0.2, -0.15) is 0 Å². The zero-order valence-electron chi connectivity index (χ0n) is 9.87. The normalized spacial score (nSPS) is 10.4. The maximum atomic E-state index is 13.5. The quantitative estimate of drug-likeness (QED) is 0.890. The molecule has 2 nitrogen and oxygen atoms in total. The van der Waals surface area contributed by atoms with Gasteiger partial charge < -0.3 is 10.4 Å². The molecule has 0 fully saturated rings. The average molecular weight is 310 g/mol. The number of para-hydroxylation sites is 1. The standard InChI is InChI=1S/C14H13BrFNO/c1-9-5-6-12(16)13(7-9)17-8-10-3-2-4-11(15)14(10)18/h2-7,17-18H,8H2,1H3. The van der Waals surface area contributed by atoms with E-state index in [1.165, 1.54) is 6.07 Å². The lowest BCUT2D eigenvalue weighted by Gasteiger charge is -2.10. The molecule has 2 aromatic rings. The molecule has 0 amide bonds. The van der Waals surface area contributed by atoms with Crippen molar-refractivity contribution in [2.75, 3.05) is 5.32 Å². The SMILES string of the molecule is Cc1ccc(F)c(NCc2cccc(Br)c2O)c1. The van der Waals surface area contributed by atoms with Gasteiger partial charge in [0.25, 0.3) is 0 Å². The summed E-state index contributed by atoms with van der Waals surface area (Å²) in [6, 6.07) is 10.3. The Balaban J connectivity index is 2.16. The molecule has 0 aliphatic heterocycles. The van der Waals surface area contributed by atoms with Crippen LogP contribution < -0.4 is 5.32 Å². The second-order valence-electron chi connectivity index (χ2n) is 4.08. The van der Waals surface area contributed by atoms with Gasteiger partial charge in [-0.15, -0.1) is 0 Å². The number of benzene rings is 2. The minimum Gasteiger partial charge on any atom is -0.506 e. The van der Waals surface area contributed by atoms with Gasteiger partial charge in [0, 0.05) is 12.1 Å². The lowest BCUT2D eigenvalue weighted by molar-refractivity contribution is 0.465. The van der Waals surface area contributed by atoms with Gasteiger partial charge in [-0.25, -0.2) is 4.39 Å². The lowest BCUT2D eigenvalue weighted by Crippen LogP contribution is -2.02. The van der Waals surface area contributed by atoms with E-state index in [-0.39, 0.29) is 11.6 Å². The van der Waals surface area contributed by atoms with Crippen LogP contribution >= 0.6 is 15.9 Å². The Morgan fingerprint density at radius 2 is 2.06 bits per heavy atom. The molecule has 0 unspecified atom stereocenters. The van der Waals surface area contributed by atoms with Crippen LogP contribution in [0.4, 0.5) is 10.1 Å². The van der Waals surface area contributed by atoms with E-state index in [0.29, 0.717) is 22.3 Å². The molecule has 2 aromatic carbocycles. The van der Waals surface area contributed by atoms with Crippen molar-refractivity contribution in [3.05, 3.63) is 57.8 Å². The molecule has 0 heterocycles. The van der Waals surface area contributed by atoms with E-state index in [1.54, 1.807) is 24.3 Å². The van der Waals surface area contributed by atoms with Crippen LogP contribution in [0.25, 0.3) is 0 Å². The molecule has 0 aromatic heterocycles. The number of phenolic OH excluding ortho intramolecular Hbond substituents is 1. The van der Waals surface area contributed by atoms with Gasteiger partial charge in [0.1, 0.15) is 11.6 Å². The van der Waals surface area contributed by atoms with Crippen molar-refractivity contribution in [3.63, 3.8) is 0 Å². The van der Waals surface area contributed by atoms with E-state index in [2.05, 4.69) is 21.2 Å². The Kier molecular flexibility index (Phi) is 3.87. The number of halogens is 2. The molecule has 0 bridgehead atoms. The highest BCUT2D eigenvalue weighted by Crippen LogP contribution is 2.28. The van der Waals surface area contributed by atoms with E-state index in [4.69, 9.17) is 0 Å². The zero-order valence-corrected chi connectivity index (χ0v) is 11.5. The molecule has 0 spiro atoms. The topological polar surface area (TPSA) is 32.3 Å². The van der Waals surface area contributed by atoms with Crippen LogP contribution in [0.15, 0.2) is 40.9 Å². The molecule has 2 N–H and O–H groups in total. The molecule has 4 heteroatoms. The summed E-state index contributed by atoms with van der Waals surface area (Å²) in [6.07, 6.45) is 0. The molecule has 0 atom stereocenters. The van der Waals surface area contributed by atoms with E-state index in [9.17, 15) is 9.50 Å². The van der Waals surface area contributed by atoms with Crippen LogP contribution in [0.3, 0.4) is 0 Å². The molecule has 0 aliphatic carbocycles. The van der Waals surface area contributed by atoms with Crippen LogP contribution in [0, 0.1) is 12.7 Å². The molecule has 0 saturated carbocycles. The predicted octanol–water partition coefficient (Wildman–Crippen LogP) is 4.21. The fraction of sp³-hybridized carbons (Fsp3) is 0.143. The molecular weight excluding hydrogens is 297 g/mol. The fourth-order valence-corrected chi connectivity index (χ4v) is 2.07. The highest BCUT2D eigenvalue weighted by molar-refractivity contribution is 9.10. The summed E-state index contributed by atoms with van der Waals surface area (Å²) >= 11 is 3.25. The minimum atomic E-state index is -0.296. The first-order valence-electron chi connectivity index (χ1n) is 5.54. The van der Waals surface area contributed by atoms with Crippen molar-refractivity contribution in [2.24, 2.45) is 0 Å². The predicted molar refractivity (Wildman–Crippen MR) is 74.3 cm³/mol. The second kappa shape index (κ2) is 5.40. The molecule has 0 saturated heterocycles. The number of rotatable bonds is 3. The van der Waals surface area contributed by atoms with Crippen molar-refractivity contribution < 1.29 is 9.50 Å². The molecule has 18 heavy (non-hydrogen) atoms. The van der Waals surface area contributed by atoms with E-state index in [0.717, 1.165) is 5.56 Å². The van der Waals surface area contributed by atoms with Crippen LogP contribution in [-0.2, 0) is 6.54 Å². The molecule has 0 aliphatic rings. The number of phenols is 1. The Labute approximate surface area is 114 Å². The maximum absolute atomic E-state index is 13.5. The number of hydrogen-bond donors (Lipinski definition) is 2. The first-order chi connectivity index (χ1) is 8.58. The Morgan fingerprint density at radius 1 is 1.28 bits per heavy atom. The number of aryl methyl sites for hydroxylation is 1. The summed E-state index contributed by atoms with van der Waals surface area (Å²) in [4.78, 5) is 0. The highest BCUT2D eigenvalue weighted by atomic mass is 79.9. The maximum Gasteiger partial charge on any atom is 0.146 e. The third kappa shape index (κ3) is 2.82. The zero-order chi connectivity index (χ0) is 13.1. The van der Waals surface area contributed by atoms with Crippen LogP contribution in [-0.4, -0.2) is 5.11 Å². The summed E-state index contributed by atoms with van der Waals surface area (Å²) in [5, 5.41) is 12.8. The summed E-state index contributed by atoms with van der Waals surface area (Å²) in [5.74, 6) is -0.117. The van der Waals surface area contributed by atoms with E-state index < -0.39 is 0 Å². The summed E-state index contributed by atoms with van der Waals surface area (Å²) in [5.41, 5.74) is 2.14. The van der Waals surface area contributed by atoms with Gasteiger partial charge in [0.05, 0.1) is 10.2 Å². The smallest absolute Gasteiger partial charge is 0.146 e. The van der Waals surface area contributed by atoms with Gasteiger partial charge in [-0.05, 0) is 46.6 Å². The van der Waals surface area contributed by atoms with E-state index >= 15 is 0 Å². The van der Waals surface area contributed by atoms with Gasteiger partial charge >= 0.3 is 0 Å².